The Bertz CT molecular complexity index is 2980. The molecule has 0 atom stereocenters. The summed E-state index contributed by atoms with van der Waals surface area (Å²) in [6.45, 7) is 4.41. The molecule has 0 fully saturated rings. The fourth-order valence-electron chi connectivity index (χ4n) is 8.12. The lowest BCUT2D eigenvalue weighted by atomic mass is 9.93. The van der Waals surface area contributed by atoms with Gasteiger partial charge in [0, 0.05) is 45.5 Å². The van der Waals surface area contributed by atoms with E-state index in [1.54, 1.807) is 0 Å². The van der Waals surface area contributed by atoms with E-state index in [0.717, 1.165) is 72.8 Å². The van der Waals surface area contributed by atoms with Gasteiger partial charge < -0.3 is 13.7 Å². The molecule has 0 unspecified atom stereocenters. The molecular formula is C51H37N5. The van der Waals surface area contributed by atoms with E-state index in [1.165, 1.54) is 16.2 Å². The second-order valence-corrected chi connectivity index (χ2v) is 14.0. The Morgan fingerprint density at radius 3 is 1.68 bits per heavy atom. The quantitative estimate of drug-likeness (QED) is 0.133. The SMILES string of the molecule is C=Nc1ccn(-c2ccccc2)c1/C(=N\Cn1c2ccccc2c2ccc3c(ccn3-c3ccccc3)c21)c1cc(-c2ccccc2)cc(-c2ccccc2)c1. The van der Waals surface area contributed by atoms with Crippen LogP contribution in [-0.4, -0.2) is 26.1 Å². The van der Waals surface area contributed by atoms with Crippen molar-refractivity contribution in [2.45, 2.75) is 6.67 Å². The molecule has 7 aromatic carbocycles. The molecule has 56 heavy (non-hydrogen) atoms. The van der Waals surface area contributed by atoms with Crippen LogP contribution in [0.3, 0.4) is 0 Å². The zero-order chi connectivity index (χ0) is 37.4. The number of hydrogen-bond donors (Lipinski definition) is 0. The molecule has 10 aromatic rings. The normalized spacial score (nSPS) is 11.8. The Morgan fingerprint density at radius 1 is 0.464 bits per heavy atom. The van der Waals surface area contributed by atoms with Crippen LogP contribution in [-0.2, 0) is 6.67 Å². The smallest absolute Gasteiger partial charge is 0.115 e. The van der Waals surface area contributed by atoms with Crippen LogP contribution in [0.25, 0.3) is 66.3 Å². The third kappa shape index (κ3) is 5.74. The Labute approximate surface area is 325 Å². The third-order valence-electron chi connectivity index (χ3n) is 10.7. The molecule has 0 bridgehead atoms. The first-order valence-electron chi connectivity index (χ1n) is 18.9. The molecule has 266 valence electrons. The van der Waals surface area contributed by atoms with Crippen molar-refractivity contribution in [3.63, 3.8) is 0 Å². The van der Waals surface area contributed by atoms with Gasteiger partial charge in [-0.15, -0.1) is 0 Å². The fraction of sp³-hybridized carbons (Fsp3) is 0.0196. The van der Waals surface area contributed by atoms with E-state index in [4.69, 9.17) is 4.99 Å². The van der Waals surface area contributed by atoms with E-state index in [2.05, 4.69) is 214 Å². The molecule has 5 heteroatoms. The van der Waals surface area contributed by atoms with E-state index >= 15 is 0 Å². The molecule has 0 aliphatic rings. The predicted molar refractivity (Wildman–Crippen MR) is 234 cm³/mol. The maximum absolute atomic E-state index is 5.68. The van der Waals surface area contributed by atoms with Crippen molar-refractivity contribution in [3.8, 4) is 33.6 Å². The van der Waals surface area contributed by atoms with E-state index in [-0.39, 0.29) is 0 Å². The highest BCUT2D eigenvalue weighted by Crippen LogP contribution is 2.37. The van der Waals surface area contributed by atoms with Gasteiger partial charge in [0.25, 0.3) is 0 Å². The summed E-state index contributed by atoms with van der Waals surface area (Å²) in [5.74, 6) is 0. The maximum atomic E-state index is 5.68. The zero-order valence-electron chi connectivity index (χ0n) is 30.7. The van der Waals surface area contributed by atoms with Crippen molar-refractivity contribution in [1.29, 1.82) is 0 Å². The Balaban J connectivity index is 1.24. The molecule has 0 N–H and O–H groups in total. The first kappa shape index (κ1) is 33.1. The standard InChI is InChI=1S/C51H37N5/c1-52-46-29-31-55(42-22-12-5-13-23-42)51(46)49(40-33-38(36-16-6-2-7-17-36)32-39(34-40)37-18-8-3-9-19-37)53-35-56-47-25-15-14-24-43(47)44-26-27-48-45(50(44)56)28-30-54(48)41-20-10-4-11-21-41/h2-34H,1,35H2/b53-49-. The van der Waals surface area contributed by atoms with Crippen molar-refractivity contribution in [1.82, 2.24) is 13.7 Å². The lowest BCUT2D eigenvalue weighted by Crippen LogP contribution is -2.12. The minimum absolute atomic E-state index is 0.377. The van der Waals surface area contributed by atoms with Gasteiger partial charge in [-0.3, -0.25) is 9.98 Å². The van der Waals surface area contributed by atoms with E-state index in [0.29, 0.717) is 6.67 Å². The van der Waals surface area contributed by atoms with Gasteiger partial charge in [-0.1, -0.05) is 121 Å². The van der Waals surface area contributed by atoms with Crippen molar-refractivity contribution >= 4 is 50.8 Å². The van der Waals surface area contributed by atoms with Crippen molar-refractivity contribution in [2.24, 2.45) is 9.98 Å². The number of aromatic nitrogens is 3. The van der Waals surface area contributed by atoms with Gasteiger partial charge in [-0.25, -0.2) is 0 Å². The summed E-state index contributed by atoms with van der Waals surface area (Å²) in [7, 11) is 0. The van der Waals surface area contributed by atoms with Crippen LogP contribution in [0.15, 0.2) is 210 Å². The molecule has 3 aromatic heterocycles. The first-order chi connectivity index (χ1) is 27.7. The maximum Gasteiger partial charge on any atom is 0.115 e. The number of hydrogen-bond acceptors (Lipinski definition) is 2. The van der Waals surface area contributed by atoms with Crippen LogP contribution in [0.1, 0.15) is 11.3 Å². The van der Waals surface area contributed by atoms with Gasteiger partial charge in [0.1, 0.15) is 6.67 Å². The minimum Gasteiger partial charge on any atom is -0.320 e. The Hall–Kier alpha value is -7.50. The number of aliphatic imine (C=N–C) groups is 2. The lowest BCUT2D eigenvalue weighted by Gasteiger charge is -2.17. The van der Waals surface area contributed by atoms with Crippen molar-refractivity contribution < 1.29 is 0 Å². The monoisotopic (exact) mass is 719 g/mol. The number of para-hydroxylation sites is 3. The molecule has 0 aliphatic carbocycles. The zero-order valence-corrected chi connectivity index (χ0v) is 30.7. The van der Waals surface area contributed by atoms with Crippen LogP contribution < -0.4 is 0 Å². The topological polar surface area (TPSA) is 39.5 Å². The minimum atomic E-state index is 0.377. The van der Waals surface area contributed by atoms with Crippen LogP contribution in [0.5, 0.6) is 0 Å². The van der Waals surface area contributed by atoms with E-state index < -0.39 is 0 Å². The number of benzene rings is 7. The molecule has 10 rings (SSSR count). The number of rotatable bonds is 9. The highest BCUT2D eigenvalue weighted by atomic mass is 15.1. The van der Waals surface area contributed by atoms with Gasteiger partial charge in [-0.05, 0) is 95.7 Å². The molecule has 5 nitrogen and oxygen atoms in total. The Kier molecular flexibility index (Phi) is 8.30. The van der Waals surface area contributed by atoms with Gasteiger partial charge >= 0.3 is 0 Å². The predicted octanol–water partition coefficient (Wildman–Crippen LogP) is 12.7. The molecule has 0 saturated heterocycles. The van der Waals surface area contributed by atoms with E-state index in [9.17, 15) is 0 Å². The summed E-state index contributed by atoms with van der Waals surface area (Å²) in [6.07, 6.45) is 4.24. The third-order valence-corrected chi connectivity index (χ3v) is 10.7. The summed E-state index contributed by atoms with van der Waals surface area (Å²) in [6, 6.07) is 66.3. The van der Waals surface area contributed by atoms with Crippen molar-refractivity contribution in [2.75, 3.05) is 0 Å². The molecule has 0 spiro atoms. The Morgan fingerprint density at radius 2 is 1.04 bits per heavy atom. The average Bonchev–Trinajstić information content (AvgIpc) is 3.99. The molecule has 0 aliphatic heterocycles. The van der Waals surface area contributed by atoms with Gasteiger partial charge in [0.2, 0.25) is 0 Å². The highest BCUT2D eigenvalue weighted by Gasteiger charge is 2.21. The van der Waals surface area contributed by atoms with Crippen LogP contribution in [0.4, 0.5) is 5.69 Å². The summed E-state index contributed by atoms with van der Waals surface area (Å²) in [4.78, 5) is 10.3. The second-order valence-electron chi connectivity index (χ2n) is 14.0. The fourth-order valence-corrected chi connectivity index (χ4v) is 8.12. The van der Waals surface area contributed by atoms with Crippen LogP contribution >= 0.6 is 0 Å². The van der Waals surface area contributed by atoms with Gasteiger partial charge in [0.05, 0.1) is 33.6 Å². The lowest BCUT2D eigenvalue weighted by molar-refractivity contribution is 0.793. The molecule has 0 saturated carbocycles. The summed E-state index contributed by atoms with van der Waals surface area (Å²) >= 11 is 0. The largest absolute Gasteiger partial charge is 0.320 e. The van der Waals surface area contributed by atoms with E-state index in [1.807, 2.05) is 12.1 Å². The van der Waals surface area contributed by atoms with Crippen molar-refractivity contribution in [3.05, 3.63) is 212 Å². The van der Waals surface area contributed by atoms with Gasteiger partial charge in [0.15, 0.2) is 0 Å². The molecule has 3 heterocycles. The van der Waals surface area contributed by atoms with Crippen LogP contribution in [0.2, 0.25) is 0 Å². The first-order valence-corrected chi connectivity index (χ1v) is 18.9. The average molecular weight is 720 g/mol. The summed E-state index contributed by atoms with van der Waals surface area (Å²) in [5, 5.41) is 3.58. The van der Waals surface area contributed by atoms with Crippen LogP contribution in [0, 0.1) is 0 Å². The summed E-state index contributed by atoms with van der Waals surface area (Å²) < 4.78 is 6.82. The van der Waals surface area contributed by atoms with Gasteiger partial charge in [-0.2, -0.15) is 0 Å². The number of nitrogens with zero attached hydrogens (tertiary/aromatic N) is 5. The summed E-state index contributed by atoms with van der Waals surface area (Å²) in [5.41, 5.74) is 13.6. The molecule has 0 radical (unpaired) electrons. The molecular weight excluding hydrogens is 683 g/mol. The molecule has 0 amide bonds. The number of fused-ring (bicyclic) bond motifs is 5. The highest BCUT2D eigenvalue weighted by molar-refractivity contribution is 6.18. The second kappa shape index (κ2) is 14.0.